The van der Waals surface area contributed by atoms with Gasteiger partial charge in [0.05, 0.1) is 23.0 Å². The second-order valence-electron chi connectivity index (χ2n) is 4.92. The predicted octanol–water partition coefficient (Wildman–Crippen LogP) is 1.67. The largest absolute Gasteiger partial charge is 0.282 e. The average molecular weight is 282 g/mol. The molecule has 2 aromatic rings. The first-order valence-corrected chi connectivity index (χ1v) is 6.52. The van der Waals surface area contributed by atoms with Gasteiger partial charge in [0.2, 0.25) is 0 Å². The molecule has 0 radical (unpaired) electrons. The molecule has 21 heavy (non-hydrogen) atoms. The van der Waals surface area contributed by atoms with Crippen LogP contribution >= 0.6 is 0 Å². The van der Waals surface area contributed by atoms with Gasteiger partial charge in [0, 0.05) is 18.3 Å². The maximum absolute atomic E-state index is 12.2. The minimum Gasteiger partial charge on any atom is -0.272 e. The normalized spacial score (nSPS) is 14.3. The van der Waals surface area contributed by atoms with Gasteiger partial charge in [-0.3, -0.25) is 14.3 Å². The van der Waals surface area contributed by atoms with E-state index < -0.39 is 11.8 Å². The van der Waals surface area contributed by atoms with Crippen molar-refractivity contribution in [2.45, 2.75) is 13.8 Å². The van der Waals surface area contributed by atoms with Crippen LogP contribution in [0.25, 0.3) is 0 Å². The van der Waals surface area contributed by atoms with Crippen LogP contribution in [-0.2, 0) is 7.05 Å². The zero-order valence-corrected chi connectivity index (χ0v) is 12.0. The third kappa shape index (κ3) is 1.96. The van der Waals surface area contributed by atoms with Crippen LogP contribution in [0.3, 0.4) is 0 Å². The number of nitrogens with zero attached hydrogens (tertiary/aromatic N) is 4. The topological polar surface area (TPSA) is 67.6 Å². The summed E-state index contributed by atoms with van der Waals surface area (Å²) in [7, 11) is 1.84. The lowest BCUT2D eigenvalue weighted by atomic mass is 10.1. The molecular weight excluding hydrogens is 268 g/mol. The maximum atomic E-state index is 12.2. The van der Waals surface area contributed by atoms with Gasteiger partial charge in [-0.15, -0.1) is 0 Å². The van der Waals surface area contributed by atoms with Gasteiger partial charge in [-0.25, -0.2) is 0 Å². The van der Waals surface area contributed by atoms with E-state index in [4.69, 9.17) is 0 Å². The molecule has 6 nitrogen and oxygen atoms in total. The van der Waals surface area contributed by atoms with Crippen molar-refractivity contribution in [1.82, 2.24) is 14.8 Å². The Morgan fingerprint density at radius 2 is 1.67 bits per heavy atom. The smallest absolute Gasteiger partial charge is 0.272 e. The van der Waals surface area contributed by atoms with E-state index in [1.54, 1.807) is 28.9 Å². The third-order valence-corrected chi connectivity index (χ3v) is 3.64. The van der Waals surface area contributed by atoms with Crippen LogP contribution in [0.1, 0.15) is 37.7 Å². The van der Waals surface area contributed by atoms with E-state index in [0.29, 0.717) is 11.1 Å². The number of hydrogen-bond donors (Lipinski definition) is 0. The Bertz CT molecular complexity index is 754. The fourth-order valence-corrected chi connectivity index (χ4v) is 2.37. The van der Waals surface area contributed by atoms with Gasteiger partial charge in [-0.1, -0.05) is 12.1 Å². The molecule has 0 unspecified atom stereocenters. The van der Waals surface area contributed by atoms with Gasteiger partial charge in [0.15, 0.2) is 0 Å². The molecule has 106 valence electrons. The number of imide groups is 1. The lowest BCUT2D eigenvalue weighted by Crippen LogP contribution is -2.24. The van der Waals surface area contributed by atoms with Crippen molar-refractivity contribution in [2.24, 2.45) is 12.1 Å². The summed E-state index contributed by atoms with van der Waals surface area (Å²) in [6, 6.07) is 6.72. The van der Waals surface area contributed by atoms with Crippen LogP contribution in [0, 0.1) is 13.8 Å². The number of aromatic nitrogens is 2. The lowest BCUT2D eigenvalue weighted by molar-refractivity contribution is 0.0660. The van der Waals surface area contributed by atoms with Gasteiger partial charge in [-0.05, 0) is 26.0 Å². The highest BCUT2D eigenvalue weighted by atomic mass is 16.2. The monoisotopic (exact) mass is 282 g/mol. The highest BCUT2D eigenvalue weighted by Crippen LogP contribution is 2.22. The molecule has 0 fully saturated rings. The molecule has 1 aliphatic rings. The van der Waals surface area contributed by atoms with Crippen LogP contribution in [-0.4, -0.2) is 32.8 Å². The fourth-order valence-electron chi connectivity index (χ4n) is 2.37. The first-order valence-electron chi connectivity index (χ1n) is 6.52. The molecule has 0 aliphatic carbocycles. The highest BCUT2D eigenvalue weighted by Gasteiger charge is 2.35. The molecular formula is C15H14N4O2. The lowest BCUT2D eigenvalue weighted by Gasteiger charge is -2.05. The molecule has 6 heteroatoms. The molecule has 1 aliphatic heterocycles. The molecule has 0 atom stereocenters. The van der Waals surface area contributed by atoms with Crippen molar-refractivity contribution in [3.63, 3.8) is 0 Å². The number of amides is 2. The van der Waals surface area contributed by atoms with E-state index >= 15 is 0 Å². The quantitative estimate of drug-likeness (QED) is 0.621. The summed E-state index contributed by atoms with van der Waals surface area (Å²) in [4.78, 5) is 24.3. The number of hydrogen-bond acceptors (Lipinski definition) is 4. The number of aryl methyl sites for hydroxylation is 2. The average Bonchev–Trinajstić information content (AvgIpc) is 2.86. The van der Waals surface area contributed by atoms with Gasteiger partial charge < -0.3 is 0 Å². The Morgan fingerprint density at radius 3 is 2.14 bits per heavy atom. The van der Waals surface area contributed by atoms with Gasteiger partial charge in [0.25, 0.3) is 11.8 Å². The first-order chi connectivity index (χ1) is 10.0. The highest BCUT2D eigenvalue weighted by molar-refractivity contribution is 6.21. The number of fused-ring (bicyclic) bond motifs is 1. The Balaban J connectivity index is 1.95. The number of carbonyl (C=O) groups is 2. The molecule has 2 heterocycles. The number of benzene rings is 1. The minimum absolute atomic E-state index is 0.388. The van der Waals surface area contributed by atoms with Crippen LogP contribution in [0.15, 0.2) is 29.4 Å². The SMILES string of the molecule is Cc1nn(C)c(C)c1/C=N\N1C(=O)c2ccccc2C1=O. The summed E-state index contributed by atoms with van der Waals surface area (Å²) >= 11 is 0. The van der Waals surface area contributed by atoms with E-state index in [-0.39, 0.29) is 0 Å². The van der Waals surface area contributed by atoms with Crippen LogP contribution < -0.4 is 0 Å². The van der Waals surface area contributed by atoms with E-state index in [1.807, 2.05) is 20.9 Å². The Hall–Kier alpha value is -2.76. The molecule has 1 aromatic carbocycles. The maximum Gasteiger partial charge on any atom is 0.282 e. The molecule has 1 aromatic heterocycles. The number of rotatable bonds is 2. The third-order valence-electron chi connectivity index (χ3n) is 3.64. The molecule has 0 bridgehead atoms. The van der Waals surface area contributed by atoms with Gasteiger partial charge >= 0.3 is 0 Å². The van der Waals surface area contributed by atoms with Crippen molar-refractivity contribution >= 4 is 18.0 Å². The van der Waals surface area contributed by atoms with Crippen LogP contribution in [0.5, 0.6) is 0 Å². The van der Waals surface area contributed by atoms with Crippen molar-refractivity contribution < 1.29 is 9.59 Å². The van der Waals surface area contributed by atoms with Crippen molar-refractivity contribution in [3.05, 3.63) is 52.3 Å². The first kappa shape index (κ1) is 13.2. The van der Waals surface area contributed by atoms with Crippen molar-refractivity contribution in [1.29, 1.82) is 0 Å². The summed E-state index contributed by atoms with van der Waals surface area (Å²) in [6.45, 7) is 3.76. The molecule has 0 spiro atoms. The summed E-state index contributed by atoms with van der Waals surface area (Å²) in [5, 5.41) is 9.23. The molecule has 3 rings (SSSR count). The van der Waals surface area contributed by atoms with Crippen molar-refractivity contribution in [3.8, 4) is 0 Å². The zero-order chi connectivity index (χ0) is 15.1. The molecule has 0 saturated carbocycles. The molecule has 0 saturated heterocycles. The van der Waals surface area contributed by atoms with Crippen LogP contribution in [0.4, 0.5) is 0 Å². The van der Waals surface area contributed by atoms with E-state index in [1.165, 1.54) is 6.21 Å². The summed E-state index contributed by atoms with van der Waals surface area (Å²) < 4.78 is 1.74. The second-order valence-corrected chi connectivity index (χ2v) is 4.92. The Kier molecular flexibility index (Phi) is 2.94. The Morgan fingerprint density at radius 1 is 1.10 bits per heavy atom. The van der Waals surface area contributed by atoms with E-state index in [0.717, 1.165) is 22.0 Å². The van der Waals surface area contributed by atoms with Gasteiger partial charge in [0.1, 0.15) is 0 Å². The zero-order valence-electron chi connectivity index (χ0n) is 12.0. The fraction of sp³-hybridized carbons (Fsp3) is 0.200. The Labute approximate surface area is 121 Å². The minimum atomic E-state index is -0.397. The van der Waals surface area contributed by atoms with Gasteiger partial charge in [-0.2, -0.15) is 15.2 Å². The molecule has 2 amide bonds. The summed E-state index contributed by atoms with van der Waals surface area (Å²) in [6.07, 6.45) is 1.51. The number of hydrazone groups is 1. The standard InChI is InChI=1S/C15H14N4O2/c1-9-13(10(2)18(3)17-9)8-16-19-14(20)11-6-4-5-7-12(11)15(19)21/h4-8H,1-3H3/b16-8-. The van der Waals surface area contributed by atoms with E-state index in [9.17, 15) is 9.59 Å². The van der Waals surface area contributed by atoms with E-state index in [2.05, 4.69) is 10.2 Å². The van der Waals surface area contributed by atoms with Crippen LogP contribution in [0.2, 0.25) is 0 Å². The second kappa shape index (κ2) is 4.66. The summed E-state index contributed by atoms with van der Waals surface area (Å²) in [5.41, 5.74) is 3.32. The predicted molar refractivity (Wildman–Crippen MR) is 77.2 cm³/mol. The number of carbonyl (C=O) groups excluding carboxylic acids is 2. The molecule has 0 N–H and O–H groups in total. The van der Waals surface area contributed by atoms with Crippen molar-refractivity contribution in [2.75, 3.05) is 0 Å². The summed E-state index contributed by atoms with van der Waals surface area (Å²) in [5.74, 6) is -0.794.